The van der Waals surface area contributed by atoms with Crippen molar-refractivity contribution in [3.05, 3.63) is 68.8 Å². The third-order valence-corrected chi connectivity index (χ3v) is 15.8. The van der Waals surface area contributed by atoms with Crippen LogP contribution in [-0.4, -0.2) is 65.4 Å². The maximum atomic E-state index is 14.5. The largest absolute Gasteiger partial charge is 0.462 e. The summed E-state index contributed by atoms with van der Waals surface area (Å²) in [6, 6.07) is 7.21. The second kappa shape index (κ2) is 33.6. The van der Waals surface area contributed by atoms with Crippen molar-refractivity contribution >= 4 is 11.9 Å². The molecule has 0 aliphatic heterocycles. The fourth-order valence-corrected chi connectivity index (χ4v) is 10.9. The second-order valence-electron chi connectivity index (χ2n) is 26.8. The number of unbranched alkanes of at least 4 members (excludes halogenated alkanes) is 26. The van der Waals surface area contributed by atoms with E-state index in [1.165, 1.54) is 141 Å². The lowest BCUT2D eigenvalue weighted by Crippen LogP contribution is -2.57. The highest BCUT2D eigenvalue weighted by atomic mass is 16.5. The Labute approximate surface area is 460 Å². The summed E-state index contributed by atoms with van der Waals surface area (Å²) in [4.78, 5) is 28.4. The fourth-order valence-electron chi connectivity index (χ4n) is 10.9. The Bertz CT molecular complexity index is 1710. The lowest BCUT2D eigenvalue weighted by Gasteiger charge is -2.51. The Kier molecular flexibility index (Phi) is 30.6. The van der Waals surface area contributed by atoms with E-state index in [2.05, 4.69) is 13.8 Å². The maximum absolute atomic E-state index is 14.5. The van der Waals surface area contributed by atoms with Gasteiger partial charge in [0.05, 0.1) is 49.6 Å². The first-order chi connectivity index (χ1) is 35.3. The fraction of sp³-hybridized carbons (Fsp3) is 0.791. The van der Waals surface area contributed by atoms with Gasteiger partial charge in [-0.15, -0.1) is 0 Å². The minimum atomic E-state index is -2.28. The Morgan fingerprint density at radius 3 is 0.747 bits per heavy atom. The smallest absolute Gasteiger partial charge is 0.338 e. The quantitative estimate of drug-likeness (QED) is 0.0386. The molecule has 0 amide bonds. The Morgan fingerprint density at radius 1 is 0.360 bits per heavy atom. The zero-order valence-electron chi connectivity index (χ0n) is 51.1. The van der Waals surface area contributed by atoms with Gasteiger partial charge in [0.2, 0.25) is 0 Å². The molecule has 432 valence electrons. The van der Waals surface area contributed by atoms with Crippen molar-refractivity contribution < 1.29 is 39.5 Å². The van der Waals surface area contributed by atoms with Crippen LogP contribution in [0.3, 0.4) is 0 Å². The molecule has 0 heterocycles. The van der Waals surface area contributed by atoms with E-state index in [0.29, 0.717) is 57.7 Å². The molecule has 0 aliphatic rings. The van der Waals surface area contributed by atoms with Gasteiger partial charge in [-0.2, -0.15) is 0 Å². The molecule has 2 rings (SSSR count). The van der Waals surface area contributed by atoms with E-state index in [1.807, 2.05) is 83.1 Å². The van der Waals surface area contributed by atoms with Crippen molar-refractivity contribution in [3.8, 4) is 0 Å². The zero-order chi connectivity index (χ0) is 56.4. The summed E-state index contributed by atoms with van der Waals surface area (Å²) in [5, 5.41) is 49.3. The first-order valence-corrected chi connectivity index (χ1v) is 30.6. The molecule has 0 saturated carbocycles. The minimum absolute atomic E-state index is 0.305. The summed E-state index contributed by atoms with van der Waals surface area (Å²) in [7, 11) is 0. The number of carbonyl (C=O) groups is 2. The third kappa shape index (κ3) is 21.8. The molecular formula is C67H116O8. The van der Waals surface area contributed by atoms with Gasteiger partial charge in [0.25, 0.3) is 0 Å². The van der Waals surface area contributed by atoms with Crippen molar-refractivity contribution in [1.82, 2.24) is 0 Å². The highest BCUT2D eigenvalue weighted by molar-refractivity contribution is 5.91. The molecule has 8 heteroatoms. The number of esters is 2. The standard InChI is InChI=1S/C67H116O8/c1-15-17-19-21-23-25-27-29-31-33-35-37-39-41-43-74-60(71)52-45-54(62(3,4)5)58(55(46-52)63(6,7)8)67(73,66(49-68,50-69)51-70)59-56(64(9,10)11)47-53(48-57(59)65(12,13)14)61(72)75-44-42-40-38-36-34-32-30-28-26-24-22-20-18-16-2/h45-48,68-70,73H,15-44,49-51H2,1-14H3. The van der Waals surface area contributed by atoms with Crippen molar-refractivity contribution in [2.24, 2.45) is 5.41 Å². The SMILES string of the molecule is CCCCCCCCCCCCCCCCOC(=O)c1cc(C(C)(C)C)c(C(O)(c2c(C(C)(C)C)cc(C(=O)OCCCCCCCCCCCCCCCC)cc2C(C)(C)C)C(CO)(CO)CO)c(C(C)(C)C)c1. The van der Waals surface area contributed by atoms with Crippen molar-refractivity contribution in [1.29, 1.82) is 0 Å². The first-order valence-electron chi connectivity index (χ1n) is 30.6. The normalized spacial score (nSPS) is 12.9. The van der Waals surface area contributed by atoms with Crippen LogP contribution in [0.4, 0.5) is 0 Å². The van der Waals surface area contributed by atoms with Crippen molar-refractivity contribution in [2.45, 2.75) is 304 Å². The molecule has 0 aliphatic carbocycles. The van der Waals surface area contributed by atoms with Crippen LogP contribution in [0.25, 0.3) is 0 Å². The molecule has 0 atom stereocenters. The molecule has 0 spiro atoms. The van der Waals surface area contributed by atoms with Gasteiger partial charge in [0.1, 0.15) is 5.60 Å². The second-order valence-corrected chi connectivity index (χ2v) is 26.8. The van der Waals surface area contributed by atoms with Crippen LogP contribution in [0.1, 0.15) is 331 Å². The first kappa shape index (κ1) is 68.3. The molecule has 0 aromatic heterocycles. The summed E-state index contributed by atoms with van der Waals surface area (Å²) in [6.07, 6.45) is 34.7. The highest BCUT2D eigenvalue weighted by Crippen LogP contribution is 2.56. The number of ether oxygens (including phenoxy) is 2. The van der Waals surface area contributed by atoms with Gasteiger partial charge >= 0.3 is 11.9 Å². The molecule has 2 aromatic carbocycles. The molecular weight excluding hydrogens is 933 g/mol. The summed E-state index contributed by atoms with van der Waals surface area (Å²) >= 11 is 0. The molecule has 0 saturated heterocycles. The highest BCUT2D eigenvalue weighted by Gasteiger charge is 2.58. The van der Waals surface area contributed by atoms with Crippen LogP contribution in [-0.2, 0) is 36.7 Å². The lowest BCUT2D eigenvalue weighted by atomic mass is 9.56. The number of rotatable bonds is 38. The summed E-state index contributed by atoms with van der Waals surface area (Å²) in [6.45, 7) is 27.1. The van der Waals surface area contributed by atoms with E-state index >= 15 is 0 Å². The average molecular weight is 1050 g/mol. The number of carbonyl (C=O) groups excluding carboxylic acids is 2. The predicted octanol–water partition coefficient (Wildman–Crippen LogP) is 17.4. The topological polar surface area (TPSA) is 134 Å². The van der Waals surface area contributed by atoms with Crippen LogP contribution in [0.2, 0.25) is 0 Å². The molecule has 0 radical (unpaired) electrons. The van der Waals surface area contributed by atoms with Gasteiger partial charge in [0, 0.05) is 0 Å². The third-order valence-electron chi connectivity index (χ3n) is 15.8. The number of aliphatic hydroxyl groups is 4. The summed E-state index contributed by atoms with van der Waals surface area (Å²) in [5.41, 5.74) is -3.04. The van der Waals surface area contributed by atoms with Gasteiger partial charge in [0.15, 0.2) is 0 Å². The molecule has 0 fully saturated rings. The van der Waals surface area contributed by atoms with E-state index in [9.17, 15) is 30.0 Å². The van der Waals surface area contributed by atoms with Crippen LogP contribution in [0.15, 0.2) is 24.3 Å². The van der Waals surface area contributed by atoms with Gasteiger partial charge in [-0.1, -0.05) is 264 Å². The van der Waals surface area contributed by atoms with Crippen LogP contribution >= 0.6 is 0 Å². The molecule has 75 heavy (non-hydrogen) atoms. The van der Waals surface area contributed by atoms with Crippen LogP contribution < -0.4 is 0 Å². The Morgan fingerprint density at radius 2 is 0.560 bits per heavy atom. The van der Waals surface area contributed by atoms with Gasteiger partial charge in [-0.25, -0.2) is 9.59 Å². The lowest BCUT2D eigenvalue weighted by molar-refractivity contribution is -0.138. The van der Waals surface area contributed by atoms with E-state index in [0.717, 1.165) is 38.5 Å². The van der Waals surface area contributed by atoms with Crippen LogP contribution in [0.5, 0.6) is 0 Å². The van der Waals surface area contributed by atoms with E-state index in [-0.39, 0.29) is 0 Å². The molecule has 8 nitrogen and oxygen atoms in total. The van der Waals surface area contributed by atoms with Gasteiger partial charge in [-0.05, 0) is 92.1 Å². The monoisotopic (exact) mass is 1050 g/mol. The molecule has 2 aromatic rings. The average Bonchev–Trinajstić information content (AvgIpc) is 3.34. The number of aliphatic hydroxyl groups excluding tert-OH is 3. The minimum Gasteiger partial charge on any atom is -0.462 e. The van der Waals surface area contributed by atoms with E-state index in [4.69, 9.17) is 9.47 Å². The molecule has 0 bridgehead atoms. The molecule has 0 unspecified atom stereocenters. The summed E-state index contributed by atoms with van der Waals surface area (Å²) < 4.78 is 12.0. The number of hydrogen-bond acceptors (Lipinski definition) is 8. The van der Waals surface area contributed by atoms with Crippen LogP contribution in [0, 0.1) is 5.41 Å². The van der Waals surface area contributed by atoms with Gasteiger partial charge in [-0.3, -0.25) is 0 Å². The predicted molar refractivity (Wildman–Crippen MR) is 316 cm³/mol. The Hall–Kier alpha value is -2.78. The zero-order valence-corrected chi connectivity index (χ0v) is 51.1. The van der Waals surface area contributed by atoms with E-state index < -0.39 is 64.4 Å². The number of hydrogen-bond donors (Lipinski definition) is 4. The Balaban J connectivity index is 2.53. The van der Waals surface area contributed by atoms with Crippen molar-refractivity contribution in [3.63, 3.8) is 0 Å². The van der Waals surface area contributed by atoms with E-state index in [1.54, 1.807) is 24.3 Å². The molecule has 4 N–H and O–H groups in total. The van der Waals surface area contributed by atoms with Gasteiger partial charge < -0.3 is 29.9 Å². The number of benzene rings is 2. The maximum Gasteiger partial charge on any atom is 0.338 e. The summed E-state index contributed by atoms with van der Waals surface area (Å²) in [5.74, 6) is -0.896. The van der Waals surface area contributed by atoms with Crippen molar-refractivity contribution in [2.75, 3.05) is 33.0 Å².